The van der Waals surface area contributed by atoms with Crippen LogP contribution in [0.2, 0.25) is 26.2 Å². The van der Waals surface area contributed by atoms with Crippen molar-refractivity contribution in [1.82, 2.24) is 0 Å². The van der Waals surface area contributed by atoms with E-state index in [-0.39, 0.29) is 35.7 Å². The van der Waals surface area contributed by atoms with Crippen LogP contribution in [0, 0.1) is 138 Å². The summed E-state index contributed by atoms with van der Waals surface area (Å²) in [6, 6.07) is 18.4. The minimum atomic E-state index is 0. The fourth-order valence-corrected chi connectivity index (χ4v) is 8.96. The SMILES string of the molecule is C[Si](C)=[Zr+2].C[Si](C)=[Zr+2].Cc1cc2c(C)c(C)c(C)c(C)c2[cH-]1.Cc1cc2c(C)c(C)c(C)c(C)c2[cH-]1.Cc1cc2c(C)c(C)c(C)c(C)c2[cH-]1.Cc1cc2c(C)c(C)c(C)c(C)c2[cH-]1.[Cl-].[Cl-]. The molecule has 0 atom stereocenters. The maximum absolute atomic E-state index is 2.31. The molecular formula is C60H80Cl2Si2Zr2-2. The average molecular weight is 1110 g/mol. The van der Waals surface area contributed by atoms with Gasteiger partial charge in [0.15, 0.2) is 0 Å². The molecule has 0 bridgehead atoms. The zero-order valence-electron chi connectivity index (χ0n) is 45.4. The van der Waals surface area contributed by atoms with Crippen LogP contribution in [0.15, 0.2) is 48.5 Å². The Hall–Kier alpha value is -1.90. The van der Waals surface area contributed by atoms with Crippen molar-refractivity contribution < 1.29 is 71.5 Å². The van der Waals surface area contributed by atoms with Gasteiger partial charge in [-0.3, -0.25) is 0 Å². The van der Waals surface area contributed by atoms with Crippen LogP contribution >= 0.6 is 0 Å². The van der Waals surface area contributed by atoms with Crippen molar-refractivity contribution in [2.24, 2.45) is 0 Å². The van der Waals surface area contributed by atoms with Crippen molar-refractivity contribution in [2.45, 2.75) is 165 Å². The normalized spacial score (nSPS) is 10.4. The first-order chi connectivity index (χ1) is 29.5. The van der Waals surface area contributed by atoms with Crippen LogP contribution in [0.25, 0.3) is 43.1 Å². The van der Waals surface area contributed by atoms with Crippen LogP contribution in [0.5, 0.6) is 0 Å². The van der Waals surface area contributed by atoms with E-state index in [2.05, 4.69) is 213 Å². The molecule has 66 heavy (non-hydrogen) atoms. The molecule has 0 amide bonds. The Kier molecular flexibility index (Phi) is 24.8. The molecule has 0 heterocycles. The van der Waals surface area contributed by atoms with Gasteiger partial charge in [0.2, 0.25) is 0 Å². The molecule has 0 radical (unpaired) electrons. The molecule has 6 heteroatoms. The Morgan fingerprint density at radius 1 is 0.258 bits per heavy atom. The Labute approximate surface area is 445 Å². The van der Waals surface area contributed by atoms with E-state index in [0.29, 0.717) is 0 Å². The summed E-state index contributed by atoms with van der Waals surface area (Å²) in [4.78, 5) is 0. The molecule has 0 unspecified atom stereocenters. The van der Waals surface area contributed by atoms with Gasteiger partial charge in [0.05, 0.1) is 0 Å². The number of hydrogen-bond acceptors (Lipinski definition) is 0. The number of fused-ring (bicyclic) bond motifs is 4. The van der Waals surface area contributed by atoms with Crippen molar-refractivity contribution in [3.63, 3.8) is 0 Å². The van der Waals surface area contributed by atoms with Crippen molar-refractivity contribution >= 4 is 54.0 Å². The van der Waals surface area contributed by atoms with Gasteiger partial charge in [0, 0.05) is 0 Å². The third-order valence-electron chi connectivity index (χ3n) is 14.1. The van der Waals surface area contributed by atoms with Crippen LogP contribution in [-0.2, 0) is 46.7 Å². The number of benzene rings is 4. The molecule has 0 spiro atoms. The summed E-state index contributed by atoms with van der Waals surface area (Å²) in [6.07, 6.45) is 0. The van der Waals surface area contributed by atoms with Gasteiger partial charge in [0.1, 0.15) is 0 Å². The predicted octanol–water partition coefficient (Wildman–Crippen LogP) is 12.0. The van der Waals surface area contributed by atoms with E-state index in [1.165, 1.54) is 154 Å². The van der Waals surface area contributed by atoms with E-state index < -0.39 is 0 Å². The maximum Gasteiger partial charge on any atom is -0.0408 e. The standard InChI is InChI=1S/4C14H17.2C2H6Si.2ClH.2Zr/c4*1-8-6-13-11(4)9(2)10(3)12(5)14(13)7-8;2*1-3-2;;;;/h4*6-7H,1-5H3;2*1-2H3;2*1H;;/q4*-1;;;;;2*+2/p-2. The molecule has 8 rings (SSSR count). The zero-order chi connectivity index (χ0) is 49.0. The van der Waals surface area contributed by atoms with Crippen molar-refractivity contribution in [2.75, 3.05) is 0 Å². The van der Waals surface area contributed by atoms with Crippen molar-refractivity contribution in [3.8, 4) is 0 Å². The summed E-state index contributed by atoms with van der Waals surface area (Å²) >= 11 is 3.48. The third kappa shape index (κ3) is 14.6. The summed E-state index contributed by atoms with van der Waals surface area (Å²) in [5, 5.41) is 11.5. The maximum atomic E-state index is 2.31. The second-order valence-electron chi connectivity index (χ2n) is 19.4. The second kappa shape index (κ2) is 26.3. The Morgan fingerprint density at radius 3 is 0.515 bits per heavy atom. The fourth-order valence-electron chi connectivity index (χ4n) is 8.96. The van der Waals surface area contributed by atoms with Gasteiger partial charge in [-0.05, 0) is 83.1 Å². The van der Waals surface area contributed by atoms with E-state index in [1.54, 1.807) is 46.7 Å². The molecule has 8 aromatic rings. The quantitative estimate of drug-likeness (QED) is 0.105. The molecule has 0 aromatic heterocycles. The van der Waals surface area contributed by atoms with Gasteiger partial charge >= 0.3 is 83.7 Å². The van der Waals surface area contributed by atoms with E-state index in [0.717, 1.165) is 0 Å². The molecule has 8 aromatic carbocycles. The first-order valence-corrected chi connectivity index (χ1v) is 35.5. The van der Waals surface area contributed by atoms with Crippen LogP contribution in [-0.4, -0.2) is 10.9 Å². The molecular weight excluding hydrogens is 1030 g/mol. The molecule has 0 saturated heterocycles. The van der Waals surface area contributed by atoms with Gasteiger partial charge in [-0.25, -0.2) is 0 Å². The van der Waals surface area contributed by atoms with E-state index in [4.69, 9.17) is 0 Å². The number of aryl methyl sites for hydroxylation is 12. The summed E-state index contributed by atoms with van der Waals surface area (Å²) in [7, 11) is 0. The second-order valence-corrected chi connectivity index (χ2v) is 38.2. The van der Waals surface area contributed by atoms with Crippen LogP contribution in [0.1, 0.15) is 111 Å². The van der Waals surface area contributed by atoms with Crippen LogP contribution < -0.4 is 24.8 Å². The minimum Gasteiger partial charge on any atom is -1.00 e. The smallest absolute Gasteiger partial charge is 0.0408 e. The minimum absolute atomic E-state index is 0. The van der Waals surface area contributed by atoms with Crippen LogP contribution in [0.3, 0.4) is 0 Å². The van der Waals surface area contributed by atoms with E-state index in [1.807, 2.05) is 0 Å². The average Bonchev–Trinajstić information content (AvgIpc) is 4.02. The topological polar surface area (TPSA) is 0 Å². The first kappa shape index (κ1) is 62.1. The molecule has 0 saturated carbocycles. The monoisotopic (exact) mass is 1110 g/mol. The summed E-state index contributed by atoms with van der Waals surface area (Å²) in [5.74, 6) is 0. The van der Waals surface area contributed by atoms with Crippen molar-refractivity contribution in [1.29, 1.82) is 0 Å². The summed E-state index contributed by atoms with van der Waals surface area (Å²) in [5.41, 5.74) is 29.0. The first-order valence-electron chi connectivity index (χ1n) is 23.1. The molecule has 0 N–H and O–H groups in total. The molecule has 0 fully saturated rings. The summed E-state index contributed by atoms with van der Waals surface area (Å²) < 4.78 is 0. The third-order valence-corrected chi connectivity index (χ3v) is 14.1. The number of hydrogen-bond donors (Lipinski definition) is 0. The Morgan fingerprint density at radius 2 is 0.379 bits per heavy atom. The Balaban J connectivity index is 0.000000413. The van der Waals surface area contributed by atoms with Gasteiger partial charge in [-0.2, -0.15) is 24.3 Å². The number of halogens is 2. The van der Waals surface area contributed by atoms with E-state index in [9.17, 15) is 0 Å². The fraction of sp³-hybridized carbons (Fsp3) is 0.400. The van der Waals surface area contributed by atoms with Gasteiger partial charge in [-0.1, -0.05) is 122 Å². The van der Waals surface area contributed by atoms with Gasteiger partial charge in [0.25, 0.3) is 0 Å². The largest absolute Gasteiger partial charge is 1.00 e. The van der Waals surface area contributed by atoms with Crippen LogP contribution in [0.4, 0.5) is 0 Å². The predicted molar refractivity (Wildman–Crippen MR) is 288 cm³/mol. The number of rotatable bonds is 0. The molecule has 0 nitrogen and oxygen atoms in total. The van der Waals surface area contributed by atoms with Gasteiger partial charge in [-0.15, -0.1) is 112 Å². The zero-order valence-corrected chi connectivity index (χ0v) is 53.8. The van der Waals surface area contributed by atoms with Crippen molar-refractivity contribution in [3.05, 3.63) is 160 Å². The molecule has 352 valence electrons. The molecule has 0 aliphatic carbocycles. The molecule has 0 aliphatic heterocycles. The summed E-state index contributed by atoms with van der Waals surface area (Å²) in [6.45, 7) is 53.5. The van der Waals surface area contributed by atoms with E-state index >= 15 is 0 Å². The molecule has 0 aliphatic rings. The van der Waals surface area contributed by atoms with Gasteiger partial charge < -0.3 is 24.8 Å². The Bertz CT molecular complexity index is 2430.